The fraction of sp³-hybridized carbons (Fsp3) is 0.364. The van der Waals surface area contributed by atoms with E-state index in [1.165, 1.54) is 0 Å². The molecule has 0 radical (unpaired) electrons. The maximum absolute atomic E-state index is 5.57. The fourth-order valence-corrected chi connectivity index (χ4v) is 2.03. The minimum Gasteiger partial charge on any atom is -0.462 e. The standard InChI is InChI=1S/C11H13BrN2O/c1-2-11(7-15-10(13)14-11)8-3-5-9(12)6-4-8/h3-6H,2,7H2,1H3,(H2,13,14). The summed E-state index contributed by atoms with van der Waals surface area (Å²) in [5, 5.41) is 0. The predicted molar refractivity (Wildman–Crippen MR) is 63.7 cm³/mol. The summed E-state index contributed by atoms with van der Waals surface area (Å²) >= 11 is 3.41. The maximum atomic E-state index is 5.57. The van der Waals surface area contributed by atoms with E-state index in [0.29, 0.717) is 12.6 Å². The average Bonchev–Trinajstić information content (AvgIpc) is 2.62. The van der Waals surface area contributed by atoms with Crippen LogP contribution in [0.3, 0.4) is 0 Å². The Kier molecular flexibility index (Phi) is 2.69. The minimum absolute atomic E-state index is 0.287. The number of benzene rings is 1. The molecule has 4 heteroatoms. The first-order valence-electron chi connectivity index (χ1n) is 4.90. The van der Waals surface area contributed by atoms with E-state index >= 15 is 0 Å². The quantitative estimate of drug-likeness (QED) is 0.896. The lowest BCUT2D eigenvalue weighted by Gasteiger charge is -2.22. The summed E-state index contributed by atoms with van der Waals surface area (Å²) in [7, 11) is 0. The number of hydrogen-bond donors (Lipinski definition) is 1. The Balaban J connectivity index is 2.39. The third-order valence-corrected chi connectivity index (χ3v) is 3.28. The average molecular weight is 269 g/mol. The fourth-order valence-electron chi connectivity index (χ4n) is 1.76. The highest BCUT2D eigenvalue weighted by Gasteiger charge is 2.35. The highest BCUT2D eigenvalue weighted by Crippen LogP contribution is 2.33. The van der Waals surface area contributed by atoms with Crippen LogP contribution in [0.15, 0.2) is 33.7 Å². The second-order valence-electron chi connectivity index (χ2n) is 3.63. The highest BCUT2D eigenvalue weighted by molar-refractivity contribution is 9.10. The van der Waals surface area contributed by atoms with Gasteiger partial charge in [-0.25, -0.2) is 4.99 Å². The van der Waals surface area contributed by atoms with Crippen LogP contribution < -0.4 is 5.73 Å². The van der Waals surface area contributed by atoms with Gasteiger partial charge in [0.15, 0.2) is 0 Å². The molecule has 80 valence electrons. The summed E-state index contributed by atoms with van der Waals surface area (Å²) in [6, 6.07) is 8.42. The van der Waals surface area contributed by atoms with Crippen LogP contribution in [-0.4, -0.2) is 12.6 Å². The Hall–Kier alpha value is -1.03. The first-order chi connectivity index (χ1) is 7.16. The molecule has 0 saturated carbocycles. The normalized spacial score (nSPS) is 24.8. The first-order valence-corrected chi connectivity index (χ1v) is 5.70. The van der Waals surface area contributed by atoms with Crippen molar-refractivity contribution >= 4 is 22.0 Å². The van der Waals surface area contributed by atoms with Crippen molar-refractivity contribution in [3.05, 3.63) is 34.3 Å². The Bertz CT molecular complexity index is 388. The van der Waals surface area contributed by atoms with Crippen LogP contribution in [0.1, 0.15) is 18.9 Å². The van der Waals surface area contributed by atoms with Gasteiger partial charge in [-0.3, -0.25) is 0 Å². The Labute approximate surface area is 97.5 Å². The second kappa shape index (κ2) is 3.85. The summed E-state index contributed by atoms with van der Waals surface area (Å²) < 4.78 is 6.32. The molecule has 1 heterocycles. The van der Waals surface area contributed by atoms with Crippen molar-refractivity contribution in [3.8, 4) is 0 Å². The SMILES string of the molecule is CCC1(c2ccc(Br)cc2)COC(N)=N1. The third kappa shape index (κ3) is 1.86. The largest absolute Gasteiger partial charge is 0.462 e. The molecular weight excluding hydrogens is 256 g/mol. The summed E-state index contributed by atoms with van der Waals surface area (Å²) in [6.45, 7) is 2.63. The molecule has 2 rings (SSSR count). The second-order valence-corrected chi connectivity index (χ2v) is 4.55. The van der Waals surface area contributed by atoms with E-state index in [4.69, 9.17) is 10.5 Å². The molecule has 1 aliphatic heterocycles. The van der Waals surface area contributed by atoms with Gasteiger partial charge in [-0.2, -0.15) is 0 Å². The maximum Gasteiger partial charge on any atom is 0.283 e. The van der Waals surface area contributed by atoms with Crippen molar-refractivity contribution < 1.29 is 4.74 Å². The van der Waals surface area contributed by atoms with E-state index < -0.39 is 0 Å². The molecule has 1 aliphatic rings. The van der Waals surface area contributed by atoms with E-state index in [0.717, 1.165) is 16.5 Å². The monoisotopic (exact) mass is 268 g/mol. The smallest absolute Gasteiger partial charge is 0.283 e. The van der Waals surface area contributed by atoms with Gasteiger partial charge in [0.25, 0.3) is 6.02 Å². The van der Waals surface area contributed by atoms with Crippen LogP contribution >= 0.6 is 15.9 Å². The van der Waals surface area contributed by atoms with Crippen molar-refractivity contribution in [2.45, 2.75) is 18.9 Å². The Morgan fingerprint density at radius 3 is 2.60 bits per heavy atom. The van der Waals surface area contributed by atoms with Crippen LogP contribution in [-0.2, 0) is 10.3 Å². The van der Waals surface area contributed by atoms with Gasteiger partial charge in [-0.1, -0.05) is 35.0 Å². The van der Waals surface area contributed by atoms with Crippen molar-refractivity contribution in [3.63, 3.8) is 0 Å². The van der Waals surface area contributed by atoms with Gasteiger partial charge < -0.3 is 10.5 Å². The van der Waals surface area contributed by atoms with Gasteiger partial charge in [0.2, 0.25) is 0 Å². The van der Waals surface area contributed by atoms with Crippen LogP contribution in [0.25, 0.3) is 0 Å². The zero-order chi connectivity index (χ0) is 10.9. The van der Waals surface area contributed by atoms with Crippen molar-refractivity contribution in [1.82, 2.24) is 0 Å². The van der Waals surface area contributed by atoms with Crippen molar-refractivity contribution in [1.29, 1.82) is 0 Å². The molecule has 0 spiro atoms. The molecule has 0 bridgehead atoms. The lowest BCUT2D eigenvalue weighted by atomic mass is 9.89. The number of aliphatic imine (C=N–C) groups is 1. The van der Waals surface area contributed by atoms with Crippen LogP contribution in [0.4, 0.5) is 0 Å². The van der Waals surface area contributed by atoms with Gasteiger partial charge in [-0.05, 0) is 24.1 Å². The molecule has 15 heavy (non-hydrogen) atoms. The minimum atomic E-state index is -0.287. The van der Waals surface area contributed by atoms with Crippen LogP contribution in [0.2, 0.25) is 0 Å². The summed E-state index contributed by atoms with van der Waals surface area (Å²) in [5.74, 6) is 0. The van der Waals surface area contributed by atoms with Gasteiger partial charge in [0.1, 0.15) is 12.1 Å². The Morgan fingerprint density at radius 2 is 2.13 bits per heavy atom. The van der Waals surface area contributed by atoms with Crippen LogP contribution in [0.5, 0.6) is 0 Å². The van der Waals surface area contributed by atoms with Gasteiger partial charge >= 0.3 is 0 Å². The number of nitrogens with zero attached hydrogens (tertiary/aromatic N) is 1. The predicted octanol–water partition coefficient (Wildman–Crippen LogP) is 2.40. The lowest BCUT2D eigenvalue weighted by molar-refractivity contribution is 0.249. The van der Waals surface area contributed by atoms with Gasteiger partial charge in [0, 0.05) is 4.47 Å². The van der Waals surface area contributed by atoms with Gasteiger partial charge in [-0.15, -0.1) is 0 Å². The number of ether oxygens (including phenoxy) is 1. The molecular formula is C11H13BrN2O. The first kappa shape index (κ1) is 10.5. The lowest BCUT2D eigenvalue weighted by Crippen LogP contribution is -2.24. The van der Waals surface area contributed by atoms with E-state index in [1.54, 1.807) is 0 Å². The molecule has 2 N–H and O–H groups in total. The number of rotatable bonds is 2. The molecule has 0 saturated heterocycles. The number of nitrogens with two attached hydrogens (primary N) is 1. The Morgan fingerprint density at radius 1 is 1.47 bits per heavy atom. The number of amidine groups is 1. The third-order valence-electron chi connectivity index (χ3n) is 2.75. The molecule has 1 unspecified atom stereocenters. The van der Waals surface area contributed by atoms with Crippen LogP contribution in [0, 0.1) is 0 Å². The molecule has 3 nitrogen and oxygen atoms in total. The van der Waals surface area contributed by atoms with E-state index in [2.05, 4.69) is 40.0 Å². The zero-order valence-electron chi connectivity index (χ0n) is 8.53. The van der Waals surface area contributed by atoms with E-state index in [1.807, 2.05) is 12.1 Å². The van der Waals surface area contributed by atoms with E-state index in [9.17, 15) is 0 Å². The van der Waals surface area contributed by atoms with E-state index in [-0.39, 0.29) is 5.54 Å². The molecule has 0 amide bonds. The topological polar surface area (TPSA) is 47.6 Å². The molecule has 0 aliphatic carbocycles. The highest BCUT2D eigenvalue weighted by atomic mass is 79.9. The molecule has 1 aromatic carbocycles. The van der Waals surface area contributed by atoms with Crippen molar-refractivity contribution in [2.75, 3.05) is 6.61 Å². The zero-order valence-corrected chi connectivity index (χ0v) is 10.1. The van der Waals surface area contributed by atoms with Crippen molar-refractivity contribution in [2.24, 2.45) is 10.7 Å². The number of hydrogen-bond acceptors (Lipinski definition) is 3. The van der Waals surface area contributed by atoms with Gasteiger partial charge in [0.05, 0.1) is 0 Å². The molecule has 0 aromatic heterocycles. The molecule has 0 fully saturated rings. The summed E-state index contributed by atoms with van der Waals surface area (Å²) in [4.78, 5) is 4.40. The number of halogens is 1. The molecule has 1 atom stereocenters. The summed E-state index contributed by atoms with van der Waals surface area (Å²) in [6.07, 6.45) is 0.884. The molecule has 1 aromatic rings. The summed E-state index contributed by atoms with van der Waals surface area (Å²) in [5.41, 5.74) is 6.43.